The summed E-state index contributed by atoms with van der Waals surface area (Å²) in [6.45, 7) is 2.15. The van der Waals surface area contributed by atoms with Crippen LogP contribution in [-0.4, -0.2) is 9.97 Å². The van der Waals surface area contributed by atoms with E-state index in [1.807, 2.05) is 11.3 Å². The highest BCUT2D eigenvalue weighted by Gasteiger charge is 2.38. The predicted molar refractivity (Wildman–Crippen MR) is 220 cm³/mol. The first-order valence-electron chi connectivity index (χ1n) is 17.6. The van der Waals surface area contributed by atoms with Crippen molar-refractivity contribution in [1.29, 1.82) is 0 Å². The number of nitrogens with zero attached hydrogens (tertiary/aromatic N) is 4. The molecule has 0 saturated heterocycles. The molecular formula is C47H30N4S. The SMILES string of the molecule is Cc1cccc2nc(N3c4c(c5ccccc5c5c4sc4ccccc45)-c4c(ccc5ccccc45)N3c3ccccc3)nc(-c3ccccc3)c12. The van der Waals surface area contributed by atoms with Crippen molar-refractivity contribution < 1.29 is 0 Å². The van der Waals surface area contributed by atoms with E-state index in [0.717, 1.165) is 44.8 Å². The molecule has 0 fully saturated rings. The van der Waals surface area contributed by atoms with Gasteiger partial charge in [0.15, 0.2) is 0 Å². The molecule has 2 aromatic heterocycles. The van der Waals surface area contributed by atoms with Crippen LogP contribution in [0.5, 0.6) is 0 Å². The van der Waals surface area contributed by atoms with E-state index in [4.69, 9.17) is 9.97 Å². The highest BCUT2D eigenvalue weighted by atomic mass is 32.1. The average molecular weight is 683 g/mol. The Labute approximate surface area is 304 Å². The average Bonchev–Trinajstić information content (AvgIpc) is 3.60. The third kappa shape index (κ3) is 4.14. The Kier molecular flexibility index (Phi) is 6.30. The number of fused-ring (bicyclic) bond motifs is 13. The lowest BCUT2D eigenvalue weighted by Crippen LogP contribution is -2.40. The van der Waals surface area contributed by atoms with Crippen molar-refractivity contribution in [3.05, 3.63) is 169 Å². The van der Waals surface area contributed by atoms with Gasteiger partial charge in [0.1, 0.15) is 0 Å². The fourth-order valence-corrected chi connectivity index (χ4v) is 9.51. The Bertz CT molecular complexity index is 3040. The first kappa shape index (κ1) is 29.2. The molecule has 0 unspecified atom stereocenters. The lowest BCUT2D eigenvalue weighted by atomic mass is 9.87. The van der Waals surface area contributed by atoms with Crippen LogP contribution in [-0.2, 0) is 0 Å². The first-order valence-corrected chi connectivity index (χ1v) is 18.4. The molecule has 0 spiro atoms. The molecule has 52 heavy (non-hydrogen) atoms. The van der Waals surface area contributed by atoms with Gasteiger partial charge in [-0.15, -0.1) is 11.3 Å². The minimum atomic E-state index is 0.620. The zero-order chi connectivity index (χ0) is 34.3. The molecule has 0 aliphatic carbocycles. The van der Waals surface area contributed by atoms with Gasteiger partial charge in [-0.05, 0) is 64.4 Å². The largest absolute Gasteiger partial charge is 0.251 e. The molecule has 10 aromatic rings. The van der Waals surface area contributed by atoms with Gasteiger partial charge in [0.2, 0.25) is 0 Å². The maximum absolute atomic E-state index is 5.58. The number of aromatic nitrogens is 2. The summed E-state index contributed by atoms with van der Waals surface area (Å²) in [5.74, 6) is 0.620. The van der Waals surface area contributed by atoms with E-state index >= 15 is 0 Å². The van der Waals surface area contributed by atoms with Crippen molar-refractivity contribution in [1.82, 2.24) is 9.97 Å². The number of thiophene rings is 1. The summed E-state index contributed by atoms with van der Waals surface area (Å²) in [6, 6.07) is 58.6. The molecule has 1 aliphatic rings. The van der Waals surface area contributed by atoms with Gasteiger partial charge in [0, 0.05) is 37.5 Å². The molecule has 4 nitrogen and oxygen atoms in total. The number of hydrogen-bond donors (Lipinski definition) is 0. The summed E-state index contributed by atoms with van der Waals surface area (Å²) in [6.07, 6.45) is 0. The number of hydrazine groups is 1. The Hall–Kier alpha value is -6.56. The van der Waals surface area contributed by atoms with Crippen molar-refractivity contribution in [2.24, 2.45) is 0 Å². The van der Waals surface area contributed by atoms with Crippen LogP contribution >= 0.6 is 11.3 Å². The second-order valence-corrected chi connectivity index (χ2v) is 14.5. The Morgan fingerprint density at radius 2 is 1.19 bits per heavy atom. The zero-order valence-electron chi connectivity index (χ0n) is 28.3. The van der Waals surface area contributed by atoms with Crippen LogP contribution in [0, 0.1) is 6.92 Å². The van der Waals surface area contributed by atoms with Crippen molar-refractivity contribution in [2.45, 2.75) is 6.92 Å². The van der Waals surface area contributed by atoms with Crippen LogP contribution in [0.15, 0.2) is 164 Å². The fourth-order valence-electron chi connectivity index (χ4n) is 8.26. The molecule has 0 amide bonds. The summed E-state index contributed by atoms with van der Waals surface area (Å²) >= 11 is 1.85. The monoisotopic (exact) mass is 682 g/mol. The number of benzene rings is 8. The molecule has 8 aromatic carbocycles. The molecule has 0 saturated carbocycles. The van der Waals surface area contributed by atoms with E-state index in [0.29, 0.717) is 5.95 Å². The number of hydrogen-bond acceptors (Lipinski definition) is 5. The maximum Gasteiger partial charge on any atom is 0.251 e. The summed E-state index contributed by atoms with van der Waals surface area (Å²) in [5.41, 5.74) is 9.66. The van der Waals surface area contributed by atoms with Crippen molar-refractivity contribution >= 4 is 87.0 Å². The highest BCUT2D eigenvalue weighted by molar-refractivity contribution is 7.26. The van der Waals surface area contributed by atoms with E-state index in [9.17, 15) is 0 Å². The number of para-hydroxylation sites is 1. The lowest BCUT2D eigenvalue weighted by Gasteiger charge is -2.43. The fraction of sp³-hybridized carbons (Fsp3) is 0.0213. The minimum absolute atomic E-state index is 0.620. The second-order valence-electron chi connectivity index (χ2n) is 13.4. The molecule has 5 heteroatoms. The van der Waals surface area contributed by atoms with Crippen LogP contribution in [0.2, 0.25) is 0 Å². The predicted octanol–water partition coefficient (Wildman–Crippen LogP) is 13.2. The molecule has 0 atom stereocenters. The normalized spacial score (nSPS) is 12.6. The number of rotatable bonds is 3. The van der Waals surface area contributed by atoms with Crippen molar-refractivity contribution in [3.63, 3.8) is 0 Å². The Morgan fingerprint density at radius 1 is 0.500 bits per heavy atom. The Morgan fingerprint density at radius 3 is 2.02 bits per heavy atom. The number of anilines is 4. The smallest absolute Gasteiger partial charge is 0.246 e. The van der Waals surface area contributed by atoms with E-state index < -0.39 is 0 Å². The van der Waals surface area contributed by atoms with E-state index in [2.05, 4.69) is 181 Å². The molecular weight excluding hydrogens is 653 g/mol. The summed E-state index contributed by atoms with van der Waals surface area (Å²) in [7, 11) is 0. The van der Waals surface area contributed by atoms with Gasteiger partial charge in [0.25, 0.3) is 5.95 Å². The van der Waals surface area contributed by atoms with Gasteiger partial charge in [-0.3, -0.25) is 0 Å². The van der Waals surface area contributed by atoms with E-state index in [1.165, 1.54) is 52.8 Å². The van der Waals surface area contributed by atoms with Gasteiger partial charge < -0.3 is 0 Å². The van der Waals surface area contributed by atoms with Crippen molar-refractivity contribution in [2.75, 3.05) is 10.0 Å². The van der Waals surface area contributed by atoms with Crippen LogP contribution in [0.3, 0.4) is 0 Å². The molecule has 0 radical (unpaired) electrons. The van der Waals surface area contributed by atoms with Gasteiger partial charge in [-0.2, -0.15) is 0 Å². The first-order chi connectivity index (χ1) is 25.7. The molecule has 0 N–H and O–H groups in total. The van der Waals surface area contributed by atoms with Gasteiger partial charge >= 0.3 is 0 Å². The Balaban J connectivity index is 1.38. The molecule has 3 heterocycles. The second kappa shape index (κ2) is 11.2. The topological polar surface area (TPSA) is 32.3 Å². The van der Waals surface area contributed by atoms with Crippen LogP contribution in [0.4, 0.5) is 23.0 Å². The zero-order valence-corrected chi connectivity index (χ0v) is 29.1. The summed E-state index contributed by atoms with van der Waals surface area (Å²) in [4.78, 5) is 11.1. The van der Waals surface area contributed by atoms with Gasteiger partial charge in [-0.1, -0.05) is 133 Å². The minimum Gasteiger partial charge on any atom is -0.246 e. The third-order valence-electron chi connectivity index (χ3n) is 10.5. The summed E-state index contributed by atoms with van der Waals surface area (Å²) < 4.78 is 2.47. The van der Waals surface area contributed by atoms with E-state index in [1.54, 1.807) is 0 Å². The lowest BCUT2D eigenvalue weighted by molar-refractivity contribution is 0.933. The van der Waals surface area contributed by atoms with Gasteiger partial charge in [0.05, 0.1) is 33.0 Å². The summed E-state index contributed by atoms with van der Waals surface area (Å²) in [5, 5.41) is 13.1. The standard InChI is InChI=1S/C47H30N4S/c1-29-15-14-25-37-40(29)44(31-17-4-2-5-18-31)49-47(48-37)51-45-43(35-23-11-10-22-34(35)41-36-24-12-13-26-39(36)52-46(41)45)42-33-21-9-8-16-30(33)27-28-38(42)50(51)32-19-6-3-7-20-32/h2-28H,1H3. The molecule has 0 bridgehead atoms. The van der Waals surface area contributed by atoms with Gasteiger partial charge in [-0.25, -0.2) is 20.0 Å². The quantitative estimate of drug-likeness (QED) is 0.186. The van der Waals surface area contributed by atoms with E-state index in [-0.39, 0.29) is 0 Å². The van der Waals surface area contributed by atoms with Crippen LogP contribution in [0.1, 0.15) is 5.56 Å². The third-order valence-corrected chi connectivity index (χ3v) is 11.6. The molecule has 1 aliphatic heterocycles. The maximum atomic E-state index is 5.58. The van der Waals surface area contributed by atoms with Crippen LogP contribution < -0.4 is 10.0 Å². The molecule has 11 rings (SSSR count). The molecule has 244 valence electrons. The highest BCUT2D eigenvalue weighted by Crippen LogP contribution is 2.59. The van der Waals surface area contributed by atoms with Crippen LogP contribution in [0.25, 0.3) is 75.0 Å². The van der Waals surface area contributed by atoms with Crippen molar-refractivity contribution in [3.8, 4) is 22.4 Å². The number of aryl methyl sites for hydroxylation is 1.